The molecular weight excluding hydrogens is 278 g/mol. The molecule has 0 fully saturated rings. The van der Waals surface area contributed by atoms with E-state index in [1.165, 1.54) is 19.1 Å². The molecule has 1 rings (SSSR count). The predicted molar refractivity (Wildman–Crippen MR) is 63.6 cm³/mol. The molecule has 0 aliphatic heterocycles. The molecule has 6 nitrogen and oxygen atoms in total. The molecule has 16 heavy (non-hydrogen) atoms. The Morgan fingerprint density at radius 1 is 1.62 bits per heavy atom. The van der Waals surface area contributed by atoms with Crippen molar-refractivity contribution in [1.82, 2.24) is 0 Å². The number of benzene rings is 1. The summed E-state index contributed by atoms with van der Waals surface area (Å²) in [4.78, 5) is 20.7. The zero-order valence-electron chi connectivity index (χ0n) is 8.31. The number of halogens is 1. The van der Waals surface area contributed by atoms with Crippen LogP contribution < -0.4 is 5.43 Å². The van der Waals surface area contributed by atoms with E-state index in [-0.39, 0.29) is 17.2 Å². The second-order valence-electron chi connectivity index (χ2n) is 2.90. The van der Waals surface area contributed by atoms with E-state index in [2.05, 4.69) is 26.5 Å². The van der Waals surface area contributed by atoms with Gasteiger partial charge in [0.1, 0.15) is 5.69 Å². The number of nitro groups is 1. The van der Waals surface area contributed by atoms with Gasteiger partial charge in [-0.1, -0.05) is 15.9 Å². The molecular formula is C9H8BrN3O3. The van der Waals surface area contributed by atoms with Crippen LogP contribution in [0.4, 0.5) is 11.4 Å². The highest BCUT2D eigenvalue weighted by atomic mass is 79.9. The lowest BCUT2D eigenvalue weighted by Gasteiger charge is -2.01. The third kappa shape index (κ3) is 3.43. The number of hydrogen-bond donors (Lipinski definition) is 1. The van der Waals surface area contributed by atoms with Crippen molar-refractivity contribution in [2.45, 2.75) is 6.92 Å². The lowest BCUT2D eigenvalue weighted by molar-refractivity contribution is -0.384. The average molecular weight is 286 g/mol. The molecule has 0 spiro atoms. The third-order valence-electron chi connectivity index (χ3n) is 1.59. The Hall–Kier alpha value is -1.76. The van der Waals surface area contributed by atoms with E-state index in [1.807, 2.05) is 0 Å². The summed E-state index contributed by atoms with van der Waals surface area (Å²) in [5.74, 6) is -0.243. The van der Waals surface area contributed by atoms with Crippen LogP contribution >= 0.6 is 15.9 Å². The number of nitrogens with one attached hydrogen (secondary N) is 1. The Balaban J connectivity index is 2.95. The molecule has 1 N–H and O–H groups in total. The molecule has 0 saturated heterocycles. The van der Waals surface area contributed by atoms with Crippen LogP contribution in [0.1, 0.15) is 6.92 Å². The van der Waals surface area contributed by atoms with Gasteiger partial charge in [0.2, 0.25) is 0 Å². The van der Waals surface area contributed by atoms with Crippen molar-refractivity contribution < 1.29 is 9.72 Å². The van der Waals surface area contributed by atoms with E-state index in [0.29, 0.717) is 4.47 Å². The van der Waals surface area contributed by atoms with E-state index in [9.17, 15) is 14.9 Å². The van der Waals surface area contributed by atoms with E-state index in [4.69, 9.17) is 0 Å². The summed E-state index contributed by atoms with van der Waals surface area (Å²) >= 11 is 3.13. The summed E-state index contributed by atoms with van der Waals surface area (Å²) in [6.45, 7) is 1.33. The minimum atomic E-state index is -0.531. The van der Waals surface area contributed by atoms with Gasteiger partial charge in [0.15, 0.2) is 5.78 Å². The maximum atomic E-state index is 10.7. The first-order valence-corrected chi connectivity index (χ1v) is 5.03. The van der Waals surface area contributed by atoms with Crippen LogP contribution in [0.25, 0.3) is 0 Å². The van der Waals surface area contributed by atoms with Gasteiger partial charge in [-0.15, -0.1) is 0 Å². The zero-order valence-corrected chi connectivity index (χ0v) is 9.89. The van der Waals surface area contributed by atoms with E-state index >= 15 is 0 Å². The molecule has 1 aromatic carbocycles. The molecule has 0 aromatic heterocycles. The van der Waals surface area contributed by atoms with Crippen LogP contribution in [0.5, 0.6) is 0 Å². The Morgan fingerprint density at radius 2 is 2.31 bits per heavy atom. The lowest BCUT2D eigenvalue weighted by atomic mass is 10.3. The van der Waals surface area contributed by atoms with E-state index < -0.39 is 4.92 Å². The molecule has 7 heteroatoms. The molecule has 0 saturated carbocycles. The zero-order chi connectivity index (χ0) is 12.1. The number of Topliss-reactive ketones (excluding diaryl/α,β-unsaturated/α-hetero) is 1. The average Bonchev–Trinajstić information content (AvgIpc) is 2.19. The highest BCUT2D eigenvalue weighted by Gasteiger charge is 2.13. The number of carbonyl (C=O) groups is 1. The fourth-order valence-electron chi connectivity index (χ4n) is 0.943. The van der Waals surface area contributed by atoms with Gasteiger partial charge >= 0.3 is 0 Å². The summed E-state index contributed by atoms with van der Waals surface area (Å²) in [6, 6.07) is 4.49. The van der Waals surface area contributed by atoms with Crippen molar-refractivity contribution in [2.24, 2.45) is 5.10 Å². The second kappa shape index (κ2) is 5.36. The summed E-state index contributed by atoms with van der Waals surface area (Å²) < 4.78 is 0.597. The van der Waals surface area contributed by atoms with Gasteiger partial charge in [-0.25, -0.2) is 0 Å². The first kappa shape index (κ1) is 12.3. The van der Waals surface area contributed by atoms with Gasteiger partial charge in [-0.05, 0) is 12.1 Å². The molecule has 0 atom stereocenters. The maximum absolute atomic E-state index is 10.7. The summed E-state index contributed by atoms with van der Waals surface area (Å²) in [7, 11) is 0. The topological polar surface area (TPSA) is 84.6 Å². The number of carbonyl (C=O) groups excluding carboxylic acids is 1. The number of rotatable bonds is 4. The maximum Gasteiger partial charge on any atom is 0.295 e. The van der Waals surface area contributed by atoms with Gasteiger partial charge in [-0.3, -0.25) is 20.3 Å². The van der Waals surface area contributed by atoms with Crippen molar-refractivity contribution in [3.8, 4) is 0 Å². The fourth-order valence-corrected chi connectivity index (χ4v) is 1.29. The van der Waals surface area contributed by atoms with Crippen LogP contribution in [-0.2, 0) is 4.79 Å². The molecule has 0 aliphatic rings. The molecule has 1 aromatic rings. The number of hydrazone groups is 1. The Labute approximate surface area is 99.6 Å². The highest BCUT2D eigenvalue weighted by molar-refractivity contribution is 9.10. The van der Waals surface area contributed by atoms with E-state index in [0.717, 1.165) is 6.21 Å². The number of hydrogen-bond acceptors (Lipinski definition) is 5. The van der Waals surface area contributed by atoms with Crippen LogP contribution in [0.15, 0.2) is 27.8 Å². The Kier molecular flexibility index (Phi) is 4.12. The van der Waals surface area contributed by atoms with Gasteiger partial charge in [0, 0.05) is 17.5 Å². The monoisotopic (exact) mass is 285 g/mol. The van der Waals surface area contributed by atoms with Crippen LogP contribution in [0.2, 0.25) is 0 Å². The Bertz CT molecular complexity index is 459. The number of nitro benzene ring substituents is 1. The molecule has 0 heterocycles. The van der Waals surface area contributed by atoms with Crippen LogP contribution in [0.3, 0.4) is 0 Å². The van der Waals surface area contributed by atoms with Gasteiger partial charge in [-0.2, -0.15) is 5.10 Å². The number of nitrogens with zero attached hydrogens (tertiary/aromatic N) is 2. The van der Waals surface area contributed by atoms with Gasteiger partial charge < -0.3 is 0 Å². The van der Waals surface area contributed by atoms with E-state index in [1.54, 1.807) is 6.07 Å². The summed E-state index contributed by atoms with van der Waals surface area (Å²) in [5, 5.41) is 14.3. The van der Waals surface area contributed by atoms with Gasteiger partial charge in [0.25, 0.3) is 5.69 Å². The molecule has 0 bridgehead atoms. The molecule has 0 radical (unpaired) electrons. The van der Waals surface area contributed by atoms with Crippen molar-refractivity contribution in [3.05, 3.63) is 32.8 Å². The lowest BCUT2D eigenvalue weighted by Crippen LogP contribution is -1.99. The minimum Gasteiger partial charge on any atom is -0.293 e. The first-order chi connectivity index (χ1) is 7.50. The van der Waals surface area contributed by atoms with Crippen molar-refractivity contribution in [1.29, 1.82) is 0 Å². The van der Waals surface area contributed by atoms with Crippen LogP contribution in [-0.4, -0.2) is 16.9 Å². The molecule has 0 unspecified atom stereocenters. The summed E-state index contributed by atoms with van der Waals surface area (Å²) in [6.07, 6.45) is 1.05. The number of ketones is 1. The first-order valence-electron chi connectivity index (χ1n) is 4.24. The van der Waals surface area contributed by atoms with Crippen LogP contribution in [0, 0.1) is 10.1 Å². The second-order valence-corrected chi connectivity index (χ2v) is 3.81. The predicted octanol–water partition coefficient (Wildman–Crippen LogP) is 2.34. The minimum absolute atomic E-state index is 0.116. The summed E-state index contributed by atoms with van der Waals surface area (Å²) in [5.41, 5.74) is 2.55. The highest BCUT2D eigenvalue weighted by Crippen LogP contribution is 2.27. The smallest absolute Gasteiger partial charge is 0.293 e. The van der Waals surface area contributed by atoms with Crippen molar-refractivity contribution in [2.75, 3.05) is 5.43 Å². The molecule has 0 aliphatic carbocycles. The molecule has 84 valence electrons. The fraction of sp³-hybridized carbons (Fsp3) is 0.111. The quantitative estimate of drug-likeness (QED) is 0.523. The third-order valence-corrected chi connectivity index (χ3v) is 2.08. The Morgan fingerprint density at radius 3 is 2.88 bits per heavy atom. The SMILES string of the molecule is CC(=O)/C=N/Nc1ccc(Br)cc1[N+](=O)[O-]. The molecule has 0 amide bonds. The van der Waals surface area contributed by atoms with Crippen molar-refractivity contribution >= 4 is 39.3 Å². The van der Waals surface area contributed by atoms with Crippen molar-refractivity contribution in [3.63, 3.8) is 0 Å². The number of anilines is 1. The normalized spacial score (nSPS) is 10.4. The largest absolute Gasteiger partial charge is 0.295 e. The van der Waals surface area contributed by atoms with Gasteiger partial charge in [0.05, 0.1) is 11.1 Å². The standard InChI is InChI=1S/C9H8BrN3O3/c1-6(14)5-11-12-8-3-2-7(10)4-9(8)13(15)16/h2-5,12H,1H3/b11-5+.